The first-order chi connectivity index (χ1) is 9.92. The van der Waals surface area contributed by atoms with Crippen LogP contribution in [0.4, 0.5) is 0 Å². The molecule has 3 heterocycles. The van der Waals surface area contributed by atoms with Gasteiger partial charge in [0.25, 0.3) is 0 Å². The van der Waals surface area contributed by atoms with Gasteiger partial charge in [0.05, 0.1) is 0 Å². The number of pyridine rings is 1. The second kappa shape index (κ2) is 4.27. The molecule has 0 atom stereocenters. The molecule has 0 aliphatic carbocycles. The van der Waals surface area contributed by atoms with Crippen LogP contribution in [0, 0.1) is 0 Å². The van der Waals surface area contributed by atoms with Crippen LogP contribution in [0.1, 0.15) is 0 Å². The largest absolute Gasteiger partial charge is 0.346 e. The fraction of sp³-hybridized carbons (Fsp3) is 0. The molecule has 0 aliphatic rings. The fourth-order valence-corrected chi connectivity index (χ4v) is 2.28. The normalized spacial score (nSPS) is 11.0. The maximum Gasteiger partial charge on any atom is 0.204 e. The van der Waals surface area contributed by atoms with Crippen molar-refractivity contribution in [3.8, 4) is 22.5 Å². The number of aromatic amines is 2. The van der Waals surface area contributed by atoms with Crippen LogP contribution in [0.15, 0.2) is 48.8 Å². The van der Waals surface area contributed by atoms with Gasteiger partial charge in [-0.15, -0.1) is 10.2 Å². The third-order valence-electron chi connectivity index (χ3n) is 3.25. The summed E-state index contributed by atoms with van der Waals surface area (Å²) in [6.45, 7) is 0. The van der Waals surface area contributed by atoms with E-state index < -0.39 is 0 Å². The van der Waals surface area contributed by atoms with Gasteiger partial charge in [0, 0.05) is 28.9 Å². The van der Waals surface area contributed by atoms with Crippen molar-refractivity contribution < 1.29 is 0 Å². The number of H-pyrrole nitrogens is 2. The molecular weight excluding hydrogens is 252 g/mol. The van der Waals surface area contributed by atoms with E-state index in [-0.39, 0.29) is 0 Å². The van der Waals surface area contributed by atoms with Crippen molar-refractivity contribution in [3.63, 3.8) is 0 Å². The molecule has 4 aromatic rings. The lowest BCUT2D eigenvalue weighted by molar-refractivity contribution is 0.881. The zero-order valence-electron chi connectivity index (χ0n) is 10.4. The summed E-state index contributed by atoms with van der Waals surface area (Å²) in [5, 5.41) is 15.1. The number of benzene rings is 1. The van der Waals surface area contributed by atoms with Crippen LogP contribution in [-0.4, -0.2) is 30.6 Å². The van der Waals surface area contributed by atoms with Gasteiger partial charge in [0.15, 0.2) is 0 Å². The standard InChI is InChI=1S/C14H10N6/c1-2-11-12(8-16-14(11)15-7-1)9-3-5-10(6-4-9)13-17-19-20-18-13/h1-8H,(H,15,16)(H,17,18,19,20). The highest BCUT2D eigenvalue weighted by Crippen LogP contribution is 2.28. The minimum absolute atomic E-state index is 0.595. The lowest BCUT2D eigenvalue weighted by atomic mass is 10.0. The number of tetrazole rings is 1. The molecule has 0 saturated heterocycles. The Morgan fingerprint density at radius 2 is 1.80 bits per heavy atom. The zero-order valence-corrected chi connectivity index (χ0v) is 10.4. The van der Waals surface area contributed by atoms with Crippen LogP contribution in [0.5, 0.6) is 0 Å². The molecule has 0 radical (unpaired) electrons. The van der Waals surface area contributed by atoms with Gasteiger partial charge in [-0.25, -0.2) is 4.98 Å². The monoisotopic (exact) mass is 262 g/mol. The van der Waals surface area contributed by atoms with E-state index in [1.165, 1.54) is 0 Å². The molecule has 0 bridgehead atoms. The topological polar surface area (TPSA) is 83.1 Å². The minimum atomic E-state index is 0.595. The van der Waals surface area contributed by atoms with E-state index >= 15 is 0 Å². The first-order valence-electron chi connectivity index (χ1n) is 6.18. The van der Waals surface area contributed by atoms with E-state index in [2.05, 4.69) is 36.7 Å². The Labute approximate surface area is 113 Å². The SMILES string of the molecule is c1cnc2[nH]cc(-c3ccc(-c4nn[nH]n4)cc3)c2c1. The third kappa shape index (κ3) is 1.66. The predicted octanol–water partition coefficient (Wildman–Crippen LogP) is 2.41. The van der Waals surface area contributed by atoms with Crippen LogP contribution in [-0.2, 0) is 0 Å². The van der Waals surface area contributed by atoms with Crippen molar-refractivity contribution in [2.75, 3.05) is 0 Å². The van der Waals surface area contributed by atoms with E-state index in [0.717, 1.165) is 27.7 Å². The predicted molar refractivity (Wildman–Crippen MR) is 74.7 cm³/mol. The van der Waals surface area contributed by atoms with Crippen molar-refractivity contribution in [1.82, 2.24) is 30.6 Å². The Morgan fingerprint density at radius 3 is 2.60 bits per heavy atom. The van der Waals surface area contributed by atoms with Crippen molar-refractivity contribution in [2.45, 2.75) is 0 Å². The third-order valence-corrected chi connectivity index (χ3v) is 3.25. The Balaban J connectivity index is 1.79. The van der Waals surface area contributed by atoms with Crippen molar-refractivity contribution in [2.24, 2.45) is 0 Å². The Hall–Kier alpha value is -3.02. The molecule has 0 spiro atoms. The van der Waals surface area contributed by atoms with Gasteiger partial charge in [0.2, 0.25) is 5.82 Å². The minimum Gasteiger partial charge on any atom is -0.346 e. The van der Waals surface area contributed by atoms with Gasteiger partial charge in [-0.3, -0.25) is 0 Å². The van der Waals surface area contributed by atoms with Gasteiger partial charge in [0.1, 0.15) is 5.65 Å². The molecule has 6 heteroatoms. The molecular formula is C14H10N6. The summed E-state index contributed by atoms with van der Waals surface area (Å²) < 4.78 is 0. The lowest BCUT2D eigenvalue weighted by Gasteiger charge is -2.00. The average Bonchev–Trinajstić information content (AvgIpc) is 3.17. The smallest absolute Gasteiger partial charge is 0.204 e. The van der Waals surface area contributed by atoms with Gasteiger partial charge < -0.3 is 4.98 Å². The highest BCUT2D eigenvalue weighted by atomic mass is 15.5. The van der Waals surface area contributed by atoms with Gasteiger partial charge in [-0.2, -0.15) is 5.21 Å². The number of hydrogen-bond acceptors (Lipinski definition) is 4. The summed E-state index contributed by atoms with van der Waals surface area (Å²) in [6, 6.07) is 12.0. The molecule has 96 valence electrons. The Kier molecular flexibility index (Phi) is 2.32. The van der Waals surface area contributed by atoms with Crippen molar-refractivity contribution >= 4 is 11.0 Å². The maximum absolute atomic E-state index is 4.30. The van der Waals surface area contributed by atoms with Gasteiger partial charge >= 0.3 is 0 Å². The van der Waals surface area contributed by atoms with E-state index in [0.29, 0.717) is 5.82 Å². The summed E-state index contributed by atoms with van der Waals surface area (Å²) in [5.74, 6) is 0.595. The first-order valence-corrected chi connectivity index (χ1v) is 6.18. The van der Waals surface area contributed by atoms with E-state index in [1.54, 1.807) is 6.20 Å². The summed E-state index contributed by atoms with van der Waals surface area (Å²) >= 11 is 0. The van der Waals surface area contributed by atoms with E-state index in [1.807, 2.05) is 36.5 Å². The molecule has 1 aromatic carbocycles. The fourth-order valence-electron chi connectivity index (χ4n) is 2.28. The lowest BCUT2D eigenvalue weighted by Crippen LogP contribution is -1.82. The summed E-state index contributed by atoms with van der Waals surface area (Å²) in [6.07, 6.45) is 3.75. The van der Waals surface area contributed by atoms with Crippen molar-refractivity contribution in [3.05, 3.63) is 48.8 Å². The van der Waals surface area contributed by atoms with Gasteiger partial charge in [-0.05, 0) is 22.9 Å². The quantitative estimate of drug-likeness (QED) is 0.581. The van der Waals surface area contributed by atoms with Gasteiger partial charge in [-0.1, -0.05) is 24.3 Å². The number of nitrogens with one attached hydrogen (secondary N) is 2. The van der Waals surface area contributed by atoms with Crippen LogP contribution in [0.2, 0.25) is 0 Å². The Morgan fingerprint density at radius 1 is 0.950 bits per heavy atom. The number of fused-ring (bicyclic) bond motifs is 1. The van der Waals surface area contributed by atoms with Crippen LogP contribution in [0.3, 0.4) is 0 Å². The maximum atomic E-state index is 4.30. The average molecular weight is 262 g/mol. The molecule has 3 aromatic heterocycles. The molecule has 0 aliphatic heterocycles. The van der Waals surface area contributed by atoms with Crippen LogP contribution in [0.25, 0.3) is 33.5 Å². The summed E-state index contributed by atoms with van der Waals surface area (Å²) in [5.41, 5.74) is 4.08. The van der Waals surface area contributed by atoms with E-state index in [9.17, 15) is 0 Å². The molecule has 0 saturated carbocycles. The van der Waals surface area contributed by atoms with Crippen LogP contribution >= 0.6 is 0 Å². The van der Waals surface area contributed by atoms with E-state index in [4.69, 9.17) is 0 Å². The molecule has 0 amide bonds. The first kappa shape index (κ1) is 10.9. The molecule has 4 rings (SSSR count). The molecule has 0 unspecified atom stereocenters. The second-order valence-corrected chi connectivity index (χ2v) is 4.41. The molecule has 2 N–H and O–H groups in total. The van der Waals surface area contributed by atoms with Crippen molar-refractivity contribution in [1.29, 1.82) is 0 Å². The highest BCUT2D eigenvalue weighted by molar-refractivity contribution is 5.93. The molecule has 0 fully saturated rings. The molecule has 20 heavy (non-hydrogen) atoms. The number of rotatable bonds is 2. The second-order valence-electron chi connectivity index (χ2n) is 4.41. The molecule has 6 nitrogen and oxygen atoms in total. The summed E-state index contributed by atoms with van der Waals surface area (Å²) in [4.78, 5) is 7.48. The number of nitrogens with zero attached hydrogens (tertiary/aromatic N) is 4. The highest BCUT2D eigenvalue weighted by Gasteiger charge is 2.07. The summed E-state index contributed by atoms with van der Waals surface area (Å²) in [7, 11) is 0. The Bertz CT molecular complexity index is 845. The number of aromatic nitrogens is 6. The van der Waals surface area contributed by atoms with Crippen LogP contribution < -0.4 is 0 Å². The number of hydrogen-bond donors (Lipinski definition) is 2. The zero-order chi connectivity index (χ0) is 13.4.